The number of nitrogen functional groups attached to an aromatic ring is 1. The molecule has 7 nitrogen and oxygen atoms in total. The van der Waals surface area contributed by atoms with Gasteiger partial charge < -0.3 is 20.0 Å². The summed E-state index contributed by atoms with van der Waals surface area (Å²) in [6.45, 7) is 3.80. The highest BCUT2D eigenvalue weighted by molar-refractivity contribution is 5.54. The smallest absolute Gasteiger partial charge is 0.318 e. The van der Waals surface area contributed by atoms with Crippen LogP contribution in [-0.4, -0.2) is 53.3 Å². The first-order valence-corrected chi connectivity index (χ1v) is 6.21. The third kappa shape index (κ3) is 2.50. The van der Waals surface area contributed by atoms with Crippen LogP contribution in [0.15, 0.2) is 22.7 Å². The molecule has 0 unspecified atom stereocenters. The zero-order valence-electron chi connectivity index (χ0n) is 10.8. The molecule has 100 valence electrons. The van der Waals surface area contributed by atoms with Crippen molar-refractivity contribution < 1.29 is 4.42 Å². The predicted octanol–water partition coefficient (Wildman–Crippen LogP) is 0.466. The van der Waals surface area contributed by atoms with E-state index in [0.29, 0.717) is 17.7 Å². The Bertz CT molecular complexity index is 544. The number of hydrogen-bond acceptors (Lipinski definition) is 7. The van der Waals surface area contributed by atoms with Gasteiger partial charge in [-0.05, 0) is 19.2 Å². The van der Waals surface area contributed by atoms with Crippen LogP contribution in [0.5, 0.6) is 0 Å². The number of pyridine rings is 1. The largest absolute Gasteiger partial charge is 0.403 e. The van der Waals surface area contributed by atoms with Crippen molar-refractivity contribution in [3.05, 3.63) is 18.3 Å². The number of rotatable bonds is 2. The molecule has 0 saturated carbocycles. The molecule has 0 radical (unpaired) electrons. The molecule has 2 N–H and O–H groups in total. The second-order valence-corrected chi connectivity index (χ2v) is 4.65. The van der Waals surface area contributed by atoms with Crippen LogP contribution in [0.2, 0.25) is 0 Å². The average Bonchev–Trinajstić information content (AvgIpc) is 2.90. The van der Waals surface area contributed by atoms with Crippen molar-refractivity contribution in [2.24, 2.45) is 0 Å². The Hall–Kier alpha value is -2.15. The van der Waals surface area contributed by atoms with Crippen LogP contribution in [0, 0.1) is 0 Å². The Morgan fingerprint density at radius 2 is 1.95 bits per heavy atom. The van der Waals surface area contributed by atoms with E-state index in [1.807, 2.05) is 6.07 Å². The van der Waals surface area contributed by atoms with E-state index in [0.717, 1.165) is 31.7 Å². The lowest BCUT2D eigenvalue weighted by Crippen LogP contribution is -2.44. The van der Waals surface area contributed by atoms with Gasteiger partial charge >= 0.3 is 6.01 Å². The number of likely N-dealkylation sites (N-methyl/N-ethyl adjacent to an activating group) is 1. The number of anilines is 2. The van der Waals surface area contributed by atoms with Crippen molar-refractivity contribution in [2.75, 3.05) is 43.9 Å². The van der Waals surface area contributed by atoms with Gasteiger partial charge in [0.05, 0.1) is 5.56 Å². The molecular formula is C12H16N6O. The van der Waals surface area contributed by atoms with E-state index in [1.54, 1.807) is 12.3 Å². The van der Waals surface area contributed by atoms with Gasteiger partial charge in [0.15, 0.2) is 0 Å². The van der Waals surface area contributed by atoms with Gasteiger partial charge in [0.25, 0.3) is 5.89 Å². The number of nitrogens with two attached hydrogens (primary N) is 1. The Labute approximate surface area is 111 Å². The molecule has 0 aromatic carbocycles. The maximum absolute atomic E-state index is 5.69. The SMILES string of the molecule is CN1CCN(c2nnc(-c3ccc(N)nc3)o2)CC1. The van der Waals surface area contributed by atoms with E-state index in [4.69, 9.17) is 10.2 Å². The fourth-order valence-electron chi connectivity index (χ4n) is 1.99. The highest BCUT2D eigenvalue weighted by Gasteiger charge is 2.19. The van der Waals surface area contributed by atoms with Crippen LogP contribution in [0.1, 0.15) is 0 Å². The fourth-order valence-corrected chi connectivity index (χ4v) is 1.99. The first-order chi connectivity index (χ1) is 9.22. The van der Waals surface area contributed by atoms with Crippen LogP contribution in [0.3, 0.4) is 0 Å². The van der Waals surface area contributed by atoms with E-state index < -0.39 is 0 Å². The molecular weight excluding hydrogens is 244 g/mol. The zero-order valence-corrected chi connectivity index (χ0v) is 10.8. The normalized spacial score (nSPS) is 16.8. The van der Waals surface area contributed by atoms with Crippen molar-refractivity contribution in [3.8, 4) is 11.5 Å². The summed E-state index contributed by atoms with van der Waals surface area (Å²) in [6, 6.07) is 4.11. The summed E-state index contributed by atoms with van der Waals surface area (Å²) < 4.78 is 5.69. The second kappa shape index (κ2) is 4.85. The highest BCUT2D eigenvalue weighted by atomic mass is 16.4. The Kier molecular flexibility index (Phi) is 3.04. The van der Waals surface area contributed by atoms with Gasteiger partial charge in [-0.3, -0.25) is 0 Å². The predicted molar refractivity (Wildman–Crippen MR) is 71.7 cm³/mol. The molecule has 0 amide bonds. The van der Waals surface area contributed by atoms with Crippen molar-refractivity contribution >= 4 is 11.8 Å². The number of piperazine rings is 1. The van der Waals surface area contributed by atoms with Crippen molar-refractivity contribution in [1.82, 2.24) is 20.1 Å². The number of aromatic nitrogens is 3. The Morgan fingerprint density at radius 1 is 1.16 bits per heavy atom. The quantitative estimate of drug-likeness (QED) is 0.839. The monoisotopic (exact) mass is 260 g/mol. The minimum absolute atomic E-state index is 0.474. The van der Waals surface area contributed by atoms with Crippen LogP contribution in [-0.2, 0) is 0 Å². The number of nitrogens with zero attached hydrogens (tertiary/aromatic N) is 5. The third-order valence-electron chi connectivity index (χ3n) is 3.22. The Morgan fingerprint density at radius 3 is 2.63 bits per heavy atom. The van der Waals surface area contributed by atoms with Crippen LogP contribution < -0.4 is 10.6 Å². The molecule has 0 bridgehead atoms. The molecule has 0 atom stereocenters. The van der Waals surface area contributed by atoms with Gasteiger partial charge in [0.2, 0.25) is 0 Å². The minimum Gasteiger partial charge on any atom is -0.403 e. The fraction of sp³-hybridized carbons (Fsp3) is 0.417. The molecule has 1 aliphatic rings. The summed E-state index contributed by atoms with van der Waals surface area (Å²) in [5.41, 5.74) is 6.33. The maximum atomic E-state index is 5.69. The van der Waals surface area contributed by atoms with E-state index in [-0.39, 0.29) is 0 Å². The second-order valence-electron chi connectivity index (χ2n) is 4.65. The summed E-state index contributed by atoms with van der Waals surface area (Å²) in [6.07, 6.45) is 1.64. The maximum Gasteiger partial charge on any atom is 0.318 e. The lowest BCUT2D eigenvalue weighted by Gasteiger charge is -2.30. The molecule has 3 heterocycles. The summed E-state index contributed by atoms with van der Waals surface area (Å²) in [7, 11) is 2.11. The van der Waals surface area contributed by atoms with Gasteiger partial charge in [0.1, 0.15) is 5.82 Å². The van der Waals surface area contributed by atoms with E-state index in [1.165, 1.54) is 0 Å². The van der Waals surface area contributed by atoms with Crippen LogP contribution in [0.4, 0.5) is 11.8 Å². The summed E-state index contributed by atoms with van der Waals surface area (Å²) >= 11 is 0. The van der Waals surface area contributed by atoms with Crippen molar-refractivity contribution in [3.63, 3.8) is 0 Å². The van der Waals surface area contributed by atoms with Crippen molar-refractivity contribution in [1.29, 1.82) is 0 Å². The standard InChI is InChI=1S/C12H16N6O/c1-17-4-6-18(7-5-17)12-16-15-11(19-12)9-2-3-10(13)14-8-9/h2-3,8H,4-7H2,1H3,(H2,13,14). The van der Waals surface area contributed by atoms with Gasteiger partial charge in [0, 0.05) is 32.4 Å². The summed E-state index contributed by atoms with van der Waals surface area (Å²) in [4.78, 5) is 8.39. The van der Waals surface area contributed by atoms with Gasteiger partial charge in [-0.25, -0.2) is 4.98 Å². The average molecular weight is 260 g/mol. The summed E-state index contributed by atoms with van der Waals surface area (Å²) in [5.74, 6) is 0.948. The third-order valence-corrected chi connectivity index (χ3v) is 3.22. The van der Waals surface area contributed by atoms with E-state index in [2.05, 4.69) is 32.0 Å². The number of hydrogen-bond donors (Lipinski definition) is 1. The molecule has 2 aromatic heterocycles. The lowest BCUT2D eigenvalue weighted by molar-refractivity contribution is 0.305. The van der Waals surface area contributed by atoms with Gasteiger partial charge in [-0.1, -0.05) is 5.10 Å². The first kappa shape index (κ1) is 11.9. The highest BCUT2D eigenvalue weighted by Crippen LogP contribution is 2.22. The zero-order chi connectivity index (χ0) is 13.2. The van der Waals surface area contributed by atoms with Gasteiger partial charge in [-0.15, -0.1) is 5.10 Å². The summed E-state index contributed by atoms with van der Waals surface area (Å²) in [5, 5.41) is 8.15. The van der Waals surface area contributed by atoms with E-state index >= 15 is 0 Å². The molecule has 2 aromatic rings. The molecule has 1 aliphatic heterocycles. The Balaban J connectivity index is 1.77. The topological polar surface area (TPSA) is 84.3 Å². The molecule has 19 heavy (non-hydrogen) atoms. The van der Waals surface area contributed by atoms with Crippen LogP contribution in [0.25, 0.3) is 11.5 Å². The molecule has 7 heteroatoms. The molecule has 0 aliphatic carbocycles. The van der Waals surface area contributed by atoms with Crippen LogP contribution >= 0.6 is 0 Å². The molecule has 0 spiro atoms. The molecule has 3 rings (SSSR count). The molecule has 1 saturated heterocycles. The van der Waals surface area contributed by atoms with E-state index in [9.17, 15) is 0 Å². The molecule has 1 fully saturated rings. The first-order valence-electron chi connectivity index (χ1n) is 6.21. The van der Waals surface area contributed by atoms with Crippen molar-refractivity contribution in [2.45, 2.75) is 0 Å². The lowest BCUT2D eigenvalue weighted by atomic mass is 10.3. The van der Waals surface area contributed by atoms with Gasteiger partial charge in [-0.2, -0.15) is 0 Å². The minimum atomic E-state index is 0.474.